The molecule has 2 rings (SSSR count). The second-order valence-electron chi connectivity index (χ2n) is 4.08. The van der Waals surface area contributed by atoms with E-state index in [4.69, 9.17) is 34.8 Å². The molecular weight excluding hydrogens is 357 g/mol. The van der Waals surface area contributed by atoms with Crippen LogP contribution in [0.1, 0.15) is 6.42 Å². The number of carbonyl (C=O) groups is 4. The first-order valence-electron chi connectivity index (χ1n) is 5.69. The van der Waals surface area contributed by atoms with Crippen LogP contribution in [0, 0.1) is 0 Å². The van der Waals surface area contributed by atoms with Crippen LogP contribution in [0.3, 0.4) is 0 Å². The fourth-order valence-electron chi connectivity index (χ4n) is 1.66. The van der Waals surface area contributed by atoms with Crippen LogP contribution >= 0.6 is 34.8 Å². The summed E-state index contributed by atoms with van der Waals surface area (Å²) < 4.78 is 0. The van der Waals surface area contributed by atoms with Gasteiger partial charge in [-0.15, -0.1) is 0 Å². The normalized spacial score (nSPS) is 13.9. The third-order valence-electron chi connectivity index (χ3n) is 2.56. The number of amidine groups is 1. The van der Waals surface area contributed by atoms with Gasteiger partial charge >= 0.3 is 5.91 Å². The van der Waals surface area contributed by atoms with E-state index in [1.807, 2.05) is 0 Å². The molecule has 114 valence electrons. The molecule has 2 amide bonds. The summed E-state index contributed by atoms with van der Waals surface area (Å²) in [5.74, 6) is -3.10. The molecule has 0 radical (unpaired) electrons. The van der Waals surface area contributed by atoms with Crippen molar-refractivity contribution in [2.45, 2.75) is 6.42 Å². The molecule has 0 spiro atoms. The fourth-order valence-corrected chi connectivity index (χ4v) is 2.63. The van der Waals surface area contributed by atoms with Crippen molar-refractivity contribution < 1.29 is 19.2 Å². The lowest BCUT2D eigenvalue weighted by molar-refractivity contribution is -0.140. The number of hydrazone groups is 1. The van der Waals surface area contributed by atoms with Gasteiger partial charge in [-0.2, -0.15) is 10.1 Å². The predicted octanol–water partition coefficient (Wildman–Crippen LogP) is 1.58. The topological polar surface area (TPSA) is 95.9 Å². The number of rotatable bonds is 3. The van der Waals surface area contributed by atoms with Gasteiger partial charge in [0.1, 0.15) is 11.5 Å². The van der Waals surface area contributed by atoms with E-state index >= 15 is 0 Å². The van der Waals surface area contributed by atoms with Crippen molar-refractivity contribution in [2.75, 3.05) is 5.01 Å². The average Bonchev–Trinajstić information content (AvgIpc) is 2.77. The van der Waals surface area contributed by atoms with Crippen molar-refractivity contribution in [1.29, 1.82) is 0 Å². The van der Waals surface area contributed by atoms with E-state index in [1.165, 1.54) is 12.1 Å². The lowest BCUT2D eigenvalue weighted by Crippen LogP contribution is -2.36. The molecule has 1 aromatic rings. The Labute approximate surface area is 138 Å². The lowest BCUT2D eigenvalue weighted by atomic mass is 10.3. The van der Waals surface area contributed by atoms with E-state index in [2.05, 4.69) is 10.4 Å². The number of carbonyl (C=O) groups excluding carboxylic acids is 4. The van der Waals surface area contributed by atoms with Crippen LogP contribution in [0.25, 0.3) is 0 Å². The molecule has 1 aromatic carbocycles. The number of nitrogens with zero attached hydrogens (tertiary/aromatic N) is 2. The van der Waals surface area contributed by atoms with Gasteiger partial charge in [0.25, 0.3) is 11.7 Å². The highest BCUT2D eigenvalue weighted by atomic mass is 35.5. The minimum atomic E-state index is -1.28. The molecule has 10 heteroatoms. The first-order chi connectivity index (χ1) is 10.3. The molecule has 22 heavy (non-hydrogen) atoms. The van der Waals surface area contributed by atoms with Crippen molar-refractivity contribution in [3.05, 3.63) is 27.2 Å². The number of halogens is 3. The minimum Gasteiger partial charge on any atom is -0.305 e. The van der Waals surface area contributed by atoms with Crippen molar-refractivity contribution >= 4 is 70.2 Å². The van der Waals surface area contributed by atoms with Crippen molar-refractivity contribution in [3.8, 4) is 0 Å². The summed E-state index contributed by atoms with van der Waals surface area (Å²) in [5.41, 5.74) is 0.101. The Balaban J connectivity index is 2.30. The molecule has 0 aromatic heterocycles. The maximum absolute atomic E-state index is 12.0. The van der Waals surface area contributed by atoms with Gasteiger partial charge < -0.3 is 5.32 Å². The summed E-state index contributed by atoms with van der Waals surface area (Å²) >= 11 is 17.8. The van der Waals surface area contributed by atoms with Gasteiger partial charge in [-0.25, -0.2) is 0 Å². The summed E-state index contributed by atoms with van der Waals surface area (Å²) in [5, 5.41) is 7.25. The van der Waals surface area contributed by atoms with Gasteiger partial charge in [-0.1, -0.05) is 34.8 Å². The lowest BCUT2D eigenvalue weighted by Gasteiger charge is -2.15. The van der Waals surface area contributed by atoms with E-state index in [1.54, 1.807) is 0 Å². The molecule has 1 aliphatic heterocycles. The Morgan fingerprint density at radius 3 is 2.36 bits per heavy atom. The predicted molar refractivity (Wildman–Crippen MR) is 80.2 cm³/mol. The van der Waals surface area contributed by atoms with Gasteiger partial charge in [0.15, 0.2) is 6.29 Å². The van der Waals surface area contributed by atoms with E-state index in [0.29, 0.717) is 0 Å². The van der Waals surface area contributed by atoms with E-state index in [0.717, 1.165) is 5.01 Å². The highest BCUT2D eigenvalue weighted by molar-refractivity contribution is 6.58. The van der Waals surface area contributed by atoms with Crippen LogP contribution in [-0.4, -0.2) is 29.7 Å². The van der Waals surface area contributed by atoms with Gasteiger partial charge in [0.05, 0.1) is 16.5 Å². The number of aldehydes is 1. The highest BCUT2D eigenvalue weighted by Gasteiger charge is 2.30. The number of nitrogens with one attached hydrogen (secondary N) is 1. The van der Waals surface area contributed by atoms with Gasteiger partial charge in [0, 0.05) is 5.02 Å². The summed E-state index contributed by atoms with van der Waals surface area (Å²) in [7, 11) is 0. The summed E-state index contributed by atoms with van der Waals surface area (Å²) in [6, 6.07) is 2.75. The molecule has 0 saturated carbocycles. The molecule has 0 bridgehead atoms. The standard InChI is InChI=1S/C12H6Cl3N3O4/c13-5-1-6(14)11(7(15)2-5)18-10(21)3-9(17-18)16-12(22)8(20)4-19/h1-2,4H,3H2,(H,16,17,22). The van der Waals surface area contributed by atoms with Crippen LogP contribution in [0.15, 0.2) is 17.2 Å². The molecule has 0 fully saturated rings. The van der Waals surface area contributed by atoms with E-state index < -0.39 is 17.6 Å². The SMILES string of the molecule is O=CC(=O)C(=O)NC1=NN(c2c(Cl)cc(Cl)cc2Cl)C(=O)C1. The second kappa shape index (κ2) is 6.43. The van der Waals surface area contributed by atoms with Crippen molar-refractivity contribution in [3.63, 3.8) is 0 Å². The molecule has 1 N–H and O–H groups in total. The zero-order valence-electron chi connectivity index (χ0n) is 10.6. The molecule has 0 saturated heterocycles. The van der Waals surface area contributed by atoms with Crippen LogP contribution in [-0.2, 0) is 19.2 Å². The Morgan fingerprint density at radius 1 is 1.23 bits per heavy atom. The third-order valence-corrected chi connectivity index (χ3v) is 3.35. The number of Topliss-reactive ketones (excluding diaryl/α,β-unsaturated/α-hetero) is 1. The maximum Gasteiger partial charge on any atom is 0.300 e. The molecule has 0 aliphatic carbocycles. The highest BCUT2D eigenvalue weighted by Crippen LogP contribution is 2.38. The van der Waals surface area contributed by atoms with Crippen LogP contribution < -0.4 is 10.3 Å². The number of amides is 2. The summed E-state index contributed by atoms with van der Waals surface area (Å²) in [6.07, 6.45) is -0.426. The number of hydrogen-bond donors (Lipinski definition) is 1. The number of benzene rings is 1. The van der Waals surface area contributed by atoms with Gasteiger partial charge in [-0.3, -0.25) is 19.2 Å². The average molecular weight is 363 g/mol. The Hall–Kier alpha value is -1.96. The quantitative estimate of drug-likeness (QED) is 0.501. The molecule has 1 heterocycles. The zero-order valence-corrected chi connectivity index (χ0v) is 12.9. The third kappa shape index (κ3) is 3.27. The van der Waals surface area contributed by atoms with Crippen LogP contribution in [0.2, 0.25) is 15.1 Å². The van der Waals surface area contributed by atoms with Gasteiger partial charge in [-0.05, 0) is 12.1 Å². The fraction of sp³-hybridized carbons (Fsp3) is 0.0833. The monoisotopic (exact) mass is 361 g/mol. The largest absolute Gasteiger partial charge is 0.305 e. The zero-order chi connectivity index (χ0) is 16.4. The van der Waals surface area contributed by atoms with E-state index in [-0.39, 0.29) is 39.3 Å². The molecule has 0 unspecified atom stereocenters. The smallest absolute Gasteiger partial charge is 0.300 e. The van der Waals surface area contributed by atoms with Gasteiger partial charge in [0.2, 0.25) is 0 Å². The summed E-state index contributed by atoms with van der Waals surface area (Å²) in [4.78, 5) is 44.3. The Bertz CT molecular complexity index is 709. The first-order valence-corrected chi connectivity index (χ1v) is 6.82. The number of hydrogen-bond acceptors (Lipinski definition) is 5. The maximum atomic E-state index is 12.0. The Morgan fingerprint density at radius 2 is 1.82 bits per heavy atom. The second-order valence-corrected chi connectivity index (χ2v) is 5.33. The van der Waals surface area contributed by atoms with E-state index in [9.17, 15) is 19.2 Å². The van der Waals surface area contributed by atoms with Crippen LogP contribution in [0.4, 0.5) is 5.69 Å². The molecule has 1 aliphatic rings. The molecule has 7 nitrogen and oxygen atoms in total. The minimum absolute atomic E-state index is 0.0890. The van der Waals surface area contributed by atoms with Crippen molar-refractivity contribution in [2.24, 2.45) is 5.10 Å². The molecular formula is C12H6Cl3N3O4. The van der Waals surface area contributed by atoms with Crippen LogP contribution in [0.5, 0.6) is 0 Å². The Kier molecular flexibility index (Phi) is 4.80. The molecule has 0 atom stereocenters. The summed E-state index contributed by atoms with van der Waals surface area (Å²) in [6.45, 7) is 0. The first kappa shape index (κ1) is 16.4. The number of anilines is 1. The van der Waals surface area contributed by atoms with Crippen molar-refractivity contribution in [1.82, 2.24) is 5.32 Å². The number of ketones is 1.